The third-order valence-electron chi connectivity index (χ3n) is 2.99. The summed E-state index contributed by atoms with van der Waals surface area (Å²) < 4.78 is 5.20. The van der Waals surface area contributed by atoms with Crippen LogP contribution in [-0.2, 0) is 0 Å². The zero-order valence-electron chi connectivity index (χ0n) is 10.6. The van der Waals surface area contributed by atoms with Crippen LogP contribution in [0.1, 0.15) is 22.8 Å². The number of aliphatic hydroxyl groups is 1. The Kier molecular flexibility index (Phi) is 3.53. The lowest BCUT2D eigenvalue weighted by Gasteiger charge is -2.14. The third-order valence-corrected chi connectivity index (χ3v) is 2.99. The van der Waals surface area contributed by atoms with Crippen molar-refractivity contribution in [2.45, 2.75) is 13.0 Å². The first-order chi connectivity index (χ1) is 8.61. The van der Waals surface area contributed by atoms with E-state index in [0.29, 0.717) is 5.69 Å². The van der Waals surface area contributed by atoms with Gasteiger partial charge in [0.15, 0.2) is 0 Å². The molecule has 0 bridgehead atoms. The van der Waals surface area contributed by atoms with Crippen molar-refractivity contribution in [3.05, 3.63) is 59.2 Å². The SMILES string of the molecule is COc1ccc(C(O)c2ccc(N)cc2)cc1C. The molecule has 0 fully saturated rings. The number of hydrogen-bond acceptors (Lipinski definition) is 3. The highest BCUT2D eigenvalue weighted by Gasteiger charge is 2.11. The number of benzene rings is 2. The molecule has 1 unspecified atom stereocenters. The second-order valence-electron chi connectivity index (χ2n) is 4.30. The first kappa shape index (κ1) is 12.5. The maximum Gasteiger partial charge on any atom is 0.121 e. The normalized spacial score (nSPS) is 12.2. The van der Waals surface area contributed by atoms with Gasteiger partial charge in [-0.05, 0) is 47.9 Å². The number of aryl methyl sites for hydroxylation is 1. The van der Waals surface area contributed by atoms with Crippen molar-refractivity contribution in [1.29, 1.82) is 0 Å². The number of aliphatic hydroxyl groups excluding tert-OH is 1. The van der Waals surface area contributed by atoms with E-state index in [1.807, 2.05) is 37.3 Å². The minimum Gasteiger partial charge on any atom is -0.496 e. The Bertz CT molecular complexity index is 535. The molecule has 0 spiro atoms. The molecule has 2 aromatic rings. The molecule has 3 heteroatoms. The van der Waals surface area contributed by atoms with Crippen molar-refractivity contribution >= 4 is 5.69 Å². The maximum atomic E-state index is 10.3. The van der Waals surface area contributed by atoms with E-state index in [2.05, 4.69) is 0 Å². The fraction of sp³-hybridized carbons (Fsp3) is 0.200. The van der Waals surface area contributed by atoms with E-state index in [-0.39, 0.29) is 0 Å². The zero-order chi connectivity index (χ0) is 13.1. The molecule has 94 valence electrons. The molecule has 0 aliphatic rings. The van der Waals surface area contributed by atoms with Gasteiger partial charge in [0, 0.05) is 5.69 Å². The summed E-state index contributed by atoms with van der Waals surface area (Å²) in [6.45, 7) is 1.96. The number of nitrogens with two attached hydrogens (primary N) is 1. The maximum absolute atomic E-state index is 10.3. The van der Waals surface area contributed by atoms with Crippen LogP contribution in [0.4, 0.5) is 5.69 Å². The van der Waals surface area contributed by atoms with Gasteiger partial charge in [0.05, 0.1) is 7.11 Å². The number of anilines is 1. The molecule has 0 amide bonds. The quantitative estimate of drug-likeness (QED) is 0.815. The molecule has 0 saturated heterocycles. The molecule has 3 nitrogen and oxygen atoms in total. The molecule has 0 saturated carbocycles. The predicted octanol–water partition coefficient (Wildman–Crippen LogP) is 2.67. The third kappa shape index (κ3) is 2.46. The molecule has 0 aliphatic carbocycles. The molecular weight excluding hydrogens is 226 g/mol. The van der Waals surface area contributed by atoms with Gasteiger partial charge in [0.2, 0.25) is 0 Å². The zero-order valence-corrected chi connectivity index (χ0v) is 10.6. The average molecular weight is 243 g/mol. The Balaban J connectivity index is 2.31. The lowest BCUT2D eigenvalue weighted by molar-refractivity contribution is 0.220. The van der Waals surface area contributed by atoms with E-state index >= 15 is 0 Å². The fourth-order valence-corrected chi connectivity index (χ4v) is 1.94. The van der Waals surface area contributed by atoms with E-state index in [4.69, 9.17) is 10.5 Å². The van der Waals surface area contributed by atoms with Gasteiger partial charge in [0.1, 0.15) is 11.9 Å². The monoisotopic (exact) mass is 243 g/mol. The number of methoxy groups -OCH3 is 1. The van der Waals surface area contributed by atoms with Crippen LogP contribution >= 0.6 is 0 Å². The minimum atomic E-state index is -0.643. The van der Waals surface area contributed by atoms with Gasteiger partial charge in [-0.3, -0.25) is 0 Å². The van der Waals surface area contributed by atoms with Crippen LogP contribution in [0.5, 0.6) is 5.75 Å². The second kappa shape index (κ2) is 5.10. The van der Waals surface area contributed by atoms with Crippen LogP contribution in [0.15, 0.2) is 42.5 Å². The van der Waals surface area contributed by atoms with Crippen molar-refractivity contribution in [2.24, 2.45) is 0 Å². The molecule has 0 aromatic heterocycles. The van der Waals surface area contributed by atoms with Gasteiger partial charge in [0.25, 0.3) is 0 Å². The van der Waals surface area contributed by atoms with Gasteiger partial charge in [-0.2, -0.15) is 0 Å². The summed E-state index contributed by atoms with van der Waals surface area (Å²) in [7, 11) is 1.64. The minimum absolute atomic E-state index is 0.643. The predicted molar refractivity (Wildman–Crippen MR) is 72.6 cm³/mol. The highest BCUT2D eigenvalue weighted by molar-refractivity contribution is 5.43. The lowest BCUT2D eigenvalue weighted by atomic mass is 9.99. The molecule has 3 N–H and O–H groups in total. The van der Waals surface area contributed by atoms with Crippen molar-refractivity contribution in [3.63, 3.8) is 0 Å². The summed E-state index contributed by atoms with van der Waals surface area (Å²) >= 11 is 0. The smallest absolute Gasteiger partial charge is 0.121 e. The second-order valence-corrected chi connectivity index (χ2v) is 4.30. The topological polar surface area (TPSA) is 55.5 Å². The highest BCUT2D eigenvalue weighted by atomic mass is 16.5. The van der Waals surface area contributed by atoms with Crippen molar-refractivity contribution in [2.75, 3.05) is 12.8 Å². The summed E-state index contributed by atoms with van der Waals surface area (Å²) in [5, 5.41) is 10.3. The van der Waals surface area contributed by atoms with E-state index in [9.17, 15) is 5.11 Å². The number of nitrogen functional groups attached to an aromatic ring is 1. The van der Waals surface area contributed by atoms with Gasteiger partial charge < -0.3 is 15.6 Å². The summed E-state index contributed by atoms with van der Waals surface area (Å²) in [4.78, 5) is 0. The highest BCUT2D eigenvalue weighted by Crippen LogP contribution is 2.27. The Morgan fingerprint density at radius 3 is 2.22 bits per heavy atom. The number of ether oxygens (including phenoxy) is 1. The van der Waals surface area contributed by atoms with E-state index < -0.39 is 6.10 Å². The molecule has 0 aliphatic heterocycles. The van der Waals surface area contributed by atoms with E-state index in [1.54, 1.807) is 19.2 Å². The standard InChI is InChI=1S/C15H17NO2/c1-10-9-12(5-8-14(10)18-2)15(17)11-3-6-13(16)7-4-11/h3-9,15,17H,16H2,1-2H3. The largest absolute Gasteiger partial charge is 0.496 e. The first-order valence-electron chi connectivity index (χ1n) is 5.80. The lowest BCUT2D eigenvalue weighted by Crippen LogP contribution is -2.01. The van der Waals surface area contributed by atoms with Crippen LogP contribution in [0.25, 0.3) is 0 Å². The van der Waals surface area contributed by atoms with E-state index in [0.717, 1.165) is 22.4 Å². The Hall–Kier alpha value is -2.00. The summed E-state index contributed by atoms with van der Waals surface area (Å²) in [6.07, 6.45) is -0.643. The van der Waals surface area contributed by atoms with Crippen LogP contribution in [0.3, 0.4) is 0 Å². The van der Waals surface area contributed by atoms with Gasteiger partial charge in [-0.15, -0.1) is 0 Å². The van der Waals surface area contributed by atoms with Crippen LogP contribution in [0, 0.1) is 6.92 Å². The summed E-state index contributed by atoms with van der Waals surface area (Å²) in [5.41, 5.74) is 9.00. The summed E-state index contributed by atoms with van der Waals surface area (Å²) in [6, 6.07) is 12.9. The van der Waals surface area contributed by atoms with Crippen molar-refractivity contribution in [1.82, 2.24) is 0 Å². The molecule has 1 atom stereocenters. The molecule has 2 aromatic carbocycles. The van der Waals surface area contributed by atoms with Crippen LogP contribution in [0.2, 0.25) is 0 Å². The fourth-order valence-electron chi connectivity index (χ4n) is 1.94. The Morgan fingerprint density at radius 2 is 1.67 bits per heavy atom. The molecular formula is C15H17NO2. The number of rotatable bonds is 3. The Morgan fingerprint density at radius 1 is 1.06 bits per heavy atom. The molecule has 2 rings (SSSR count). The van der Waals surface area contributed by atoms with Gasteiger partial charge in [-0.1, -0.05) is 18.2 Å². The van der Waals surface area contributed by atoms with Crippen LogP contribution < -0.4 is 10.5 Å². The van der Waals surface area contributed by atoms with Crippen molar-refractivity contribution < 1.29 is 9.84 Å². The van der Waals surface area contributed by atoms with Crippen LogP contribution in [-0.4, -0.2) is 12.2 Å². The van der Waals surface area contributed by atoms with Gasteiger partial charge in [-0.25, -0.2) is 0 Å². The molecule has 18 heavy (non-hydrogen) atoms. The molecule has 0 radical (unpaired) electrons. The number of hydrogen-bond donors (Lipinski definition) is 2. The van der Waals surface area contributed by atoms with Crippen molar-refractivity contribution in [3.8, 4) is 5.75 Å². The first-order valence-corrected chi connectivity index (χ1v) is 5.80. The van der Waals surface area contributed by atoms with E-state index in [1.165, 1.54) is 0 Å². The average Bonchev–Trinajstić information content (AvgIpc) is 2.38. The molecule has 0 heterocycles. The van der Waals surface area contributed by atoms with Gasteiger partial charge >= 0.3 is 0 Å². The Labute approximate surface area is 107 Å². The summed E-state index contributed by atoms with van der Waals surface area (Å²) in [5.74, 6) is 0.822.